The second kappa shape index (κ2) is 7.83. The Kier molecular flexibility index (Phi) is 6.43. The Hall–Kier alpha value is -1.64. The predicted molar refractivity (Wildman–Crippen MR) is 75.3 cm³/mol. The normalized spacial score (nSPS) is 10.9. The van der Waals surface area contributed by atoms with Gasteiger partial charge in [0.05, 0.1) is 11.8 Å². The Balaban J connectivity index is 2.36. The minimum Gasteiger partial charge on any atom is -0.338 e. The lowest BCUT2D eigenvalue weighted by atomic mass is 10.2. The van der Waals surface area contributed by atoms with Crippen LogP contribution in [0.25, 0.3) is 0 Å². The number of urea groups is 1. The highest BCUT2D eigenvalue weighted by molar-refractivity contribution is 7.99. The lowest BCUT2D eigenvalue weighted by Crippen LogP contribution is -2.41. The second-order valence-electron chi connectivity index (χ2n) is 4.94. The van der Waals surface area contributed by atoms with Crippen LogP contribution in [-0.2, 0) is 4.79 Å². The second-order valence-corrected chi connectivity index (χ2v) is 5.88. The maximum absolute atomic E-state index is 11.6. The van der Waals surface area contributed by atoms with Gasteiger partial charge in [-0.2, -0.15) is 0 Å². The van der Waals surface area contributed by atoms with Crippen LogP contribution >= 0.6 is 11.8 Å². The number of nitrogens with zero attached hydrogens (tertiary/aromatic N) is 4. The van der Waals surface area contributed by atoms with E-state index < -0.39 is 6.03 Å². The van der Waals surface area contributed by atoms with Crippen molar-refractivity contribution in [1.29, 1.82) is 0 Å². The molecule has 3 amide bonds. The van der Waals surface area contributed by atoms with Crippen molar-refractivity contribution in [1.82, 2.24) is 30.8 Å². The van der Waals surface area contributed by atoms with Gasteiger partial charge in [0.15, 0.2) is 0 Å². The van der Waals surface area contributed by atoms with Crippen LogP contribution in [0.3, 0.4) is 0 Å². The van der Waals surface area contributed by atoms with E-state index in [0.29, 0.717) is 17.6 Å². The van der Waals surface area contributed by atoms with Gasteiger partial charge in [0, 0.05) is 6.54 Å². The predicted octanol–water partition coefficient (Wildman–Crippen LogP) is 0.828. The molecule has 1 rings (SSSR count). The monoisotopic (exact) mass is 300 g/mol. The Morgan fingerprint density at radius 1 is 1.30 bits per heavy atom. The van der Waals surface area contributed by atoms with Crippen LogP contribution in [0.1, 0.15) is 33.7 Å². The van der Waals surface area contributed by atoms with Crippen molar-refractivity contribution in [3.8, 4) is 0 Å². The smallest absolute Gasteiger partial charge is 0.321 e. The third kappa shape index (κ3) is 5.55. The van der Waals surface area contributed by atoms with Gasteiger partial charge < -0.3 is 5.32 Å². The van der Waals surface area contributed by atoms with Crippen LogP contribution < -0.4 is 10.6 Å². The lowest BCUT2D eigenvalue weighted by molar-refractivity contribution is -0.117. The number of carbonyl (C=O) groups is 2. The molecule has 1 aromatic heterocycles. The zero-order valence-corrected chi connectivity index (χ0v) is 12.9. The number of hydrogen-bond donors (Lipinski definition) is 2. The summed E-state index contributed by atoms with van der Waals surface area (Å²) in [6.45, 7) is 8.37. The van der Waals surface area contributed by atoms with Crippen LogP contribution in [-0.4, -0.2) is 44.4 Å². The number of amides is 3. The number of nitrogens with one attached hydrogen (secondary N) is 2. The molecule has 2 N–H and O–H groups in total. The van der Waals surface area contributed by atoms with E-state index in [1.54, 1.807) is 4.68 Å². The van der Waals surface area contributed by atoms with Gasteiger partial charge in [0.25, 0.3) is 0 Å². The molecule has 0 aliphatic rings. The van der Waals surface area contributed by atoms with E-state index in [2.05, 4.69) is 26.2 Å². The van der Waals surface area contributed by atoms with Crippen molar-refractivity contribution >= 4 is 23.7 Å². The topological polar surface area (TPSA) is 102 Å². The van der Waals surface area contributed by atoms with Crippen LogP contribution in [0, 0.1) is 5.92 Å². The zero-order valence-electron chi connectivity index (χ0n) is 12.1. The molecular formula is C11H20N6O2S. The summed E-state index contributed by atoms with van der Waals surface area (Å²) in [4.78, 5) is 23.0. The first kappa shape index (κ1) is 16.4. The summed E-state index contributed by atoms with van der Waals surface area (Å²) in [5.41, 5.74) is 0. The molecule has 0 aliphatic carbocycles. The first-order chi connectivity index (χ1) is 9.40. The van der Waals surface area contributed by atoms with Gasteiger partial charge in [-0.1, -0.05) is 25.6 Å². The molecular weight excluding hydrogens is 280 g/mol. The van der Waals surface area contributed by atoms with Crippen LogP contribution in [0.15, 0.2) is 5.16 Å². The molecule has 0 saturated carbocycles. The molecule has 0 radical (unpaired) electrons. The summed E-state index contributed by atoms with van der Waals surface area (Å²) in [6.07, 6.45) is 0. The SMILES string of the molecule is CC(C)CNC(=O)NC(=O)CSc1nnnn1C(C)C. The van der Waals surface area contributed by atoms with E-state index in [4.69, 9.17) is 0 Å². The zero-order chi connectivity index (χ0) is 15.1. The average molecular weight is 300 g/mol. The molecule has 1 aromatic rings. The minimum atomic E-state index is -0.479. The molecule has 8 nitrogen and oxygen atoms in total. The molecule has 0 unspecified atom stereocenters. The minimum absolute atomic E-state index is 0.0855. The van der Waals surface area contributed by atoms with Crippen LogP contribution in [0.2, 0.25) is 0 Å². The molecule has 0 fully saturated rings. The largest absolute Gasteiger partial charge is 0.338 e. The summed E-state index contributed by atoms with van der Waals surface area (Å²) in [6, 6.07) is -0.363. The van der Waals surface area contributed by atoms with Crippen molar-refractivity contribution in [2.45, 2.75) is 38.9 Å². The third-order valence-corrected chi connectivity index (χ3v) is 3.14. The Morgan fingerprint density at radius 3 is 2.60 bits per heavy atom. The lowest BCUT2D eigenvalue weighted by Gasteiger charge is -2.09. The van der Waals surface area contributed by atoms with Crippen molar-refractivity contribution in [3.63, 3.8) is 0 Å². The van der Waals surface area contributed by atoms with Gasteiger partial charge in [0.2, 0.25) is 11.1 Å². The van der Waals surface area contributed by atoms with Crippen molar-refractivity contribution in [2.24, 2.45) is 5.92 Å². The fourth-order valence-corrected chi connectivity index (χ4v) is 2.04. The summed E-state index contributed by atoms with van der Waals surface area (Å²) in [5.74, 6) is 0.0396. The highest BCUT2D eigenvalue weighted by Crippen LogP contribution is 2.16. The molecule has 0 aromatic carbocycles. The Labute approximate surface area is 122 Å². The molecule has 1 heterocycles. The highest BCUT2D eigenvalue weighted by atomic mass is 32.2. The van der Waals surface area contributed by atoms with Gasteiger partial charge >= 0.3 is 6.03 Å². The van der Waals surface area contributed by atoms with Crippen molar-refractivity contribution in [3.05, 3.63) is 0 Å². The first-order valence-electron chi connectivity index (χ1n) is 6.38. The number of imide groups is 1. The van der Waals surface area contributed by atoms with E-state index in [1.165, 1.54) is 11.8 Å². The van der Waals surface area contributed by atoms with Crippen LogP contribution in [0.4, 0.5) is 4.79 Å². The Bertz CT molecular complexity index is 460. The number of aromatic nitrogens is 4. The number of tetrazole rings is 1. The molecule has 0 atom stereocenters. The van der Waals surface area contributed by atoms with E-state index in [1.807, 2.05) is 27.7 Å². The molecule has 9 heteroatoms. The molecule has 0 saturated heterocycles. The van der Waals surface area contributed by atoms with Gasteiger partial charge in [-0.05, 0) is 30.2 Å². The molecule has 0 bridgehead atoms. The van der Waals surface area contributed by atoms with Gasteiger partial charge in [-0.3, -0.25) is 10.1 Å². The fourth-order valence-electron chi connectivity index (χ4n) is 1.24. The van der Waals surface area contributed by atoms with Gasteiger partial charge in [0.1, 0.15) is 0 Å². The van der Waals surface area contributed by atoms with Crippen molar-refractivity contribution < 1.29 is 9.59 Å². The number of carbonyl (C=O) groups excluding carboxylic acids is 2. The summed E-state index contributed by atoms with van der Waals surface area (Å²) in [5, 5.41) is 16.6. The van der Waals surface area contributed by atoms with Gasteiger partial charge in [-0.25, -0.2) is 9.48 Å². The Morgan fingerprint density at radius 2 is 2.00 bits per heavy atom. The van der Waals surface area contributed by atoms with E-state index in [9.17, 15) is 9.59 Å². The maximum Gasteiger partial charge on any atom is 0.321 e. The molecule has 0 spiro atoms. The van der Waals surface area contributed by atoms with Gasteiger partial charge in [-0.15, -0.1) is 5.10 Å². The third-order valence-electron chi connectivity index (χ3n) is 2.21. The standard InChI is InChI=1S/C11H20N6O2S/c1-7(2)5-12-10(19)13-9(18)6-20-11-14-15-16-17(11)8(3)4/h7-8H,5-6H2,1-4H3,(H2,12,13,18,19). The number of rotatable bonds is 6. The van der Waals surface area contributed by atoms with E-state index in [-0.39, 0.29) is 17.7 Å². The molecule has 0 aliphatic heterocycles. The quantitative estimate of drug-likeness (QED) is 0.754. The van der Waals surface area contributed by atoms with Crippen LogP contribution in [0.5, 0.6) is 0 Å². The van der Waals surface area contributed by atoms with E-state index in [0.717, 1.165) is 0 Å². The number of thioether (sulfide) groups is 1. The summed E-state index contributed by atoms with van der Waals surface area (Å²) >= 11 is 1.19. The molecule has 20 heavy (non-hydrogen) atoms. The average Bonchev–Trinajstić information content (AvgIpc) is 2.82. The van der Waals surface area contributed by atoms with Crippen molar-refractivity contribution in [2.75, 3.05) is 12.3 Å². The summed E-state index contributed by atoms with van der Waals surface area (Å²) in [7, 11) is 0. The fraction of sp³-hybridized carbons (Fsp3) is 0.727. The maximum atomic E-state index is 11.6. The summed E-state index contributed by atoms with van der Waals surface area (Å²) < 4.78 is 1.62. The highest BCUT2D eigenvalue weighted by Gasteiger charge is 2.13. The number of hydrogen-bond acceptors (Lipinski definition) is 6. The van der Waals surface area contributed by atoms with E-state index >= 15 is 0 Å². The first-order valence-corrected chi connectivity index (χ1v) is 7.37. The molecule has 112 valence electrons.